The minimum atomic E-state index is -1.44. The molecule has 1 unspecified atom stereocenters. The van der Waals surface area contributed by atoms with Gasteiger partial charge in [-0.2, -0.15) is 0 Å². The number of aliphatic carboxylic acids is 1. The lowest BCUT2D eigenvalue weighted by atomic mass is 9.78. The van der Waals surface area contributed by atoms with Crippen molar-refractivity contribution in [2.45, 2.75) is 19.3 Å². The lowest BCUT2D eigenvalue weighted by Gasteiger charge is -2.29. The topological polar surface area (TPSA) is 63.6 Å². The van der Waals surface area contributed by atoms with E-state index in [1.165, 1.54) is 0 Å². The molecule has 1 heterocycles. The van der Waals surface area contributed by atoms with Gasteiger partial charge in [-0.3, -0.25) is 9.59 Å². The zero-order chi connectivity index (χ0) is 16.3. The van der Waals surface area contributed by atoms with Crippen molar-refractivity contribution in [2.75, 3.05) is 6.61 Å². The van der Waals surface area contributed by atoms with E-state index in [1.54, 1.807) is 6.08 Å². The van der Waals surface area contributed by atoms with E-state index in [1.807, 2.05) is 48.5 Å². The van der Waals surface area contributed by atoms with Gasteiger partial charge in [0.05, 0.1) is 6.61 Å². The highest BCUT2D eigenvalue weighted by Gasteiger charge is 2.48. The zero-order valence-corrected chi connectivity index (χ0v) is 12.7. The quantitative estimate of drug-likeness (QED) is 0.691. The van der Waals surface area contributed by atoms with Crippen molar-refractivity contribution in [1.82, 2.24) is 0 Å². The van der Waals surface area contributed by atoms with Crippen LogP contribution in [0, 0.1) is 5.41 Å². The van der Waals surface area contributed by atoms with Gasteiger partial charge in [0.15, 0.2) is 5.41 Å². The smallest absolute Gasteiger partial charge is 0.323 e. The molecular weight excluding hydrogens is 292 g/mol. The van der Waals surface area contributed by atoms with Crippen molar-refractivity contribution in [1.29, 1.82) is 0 Å². The molecule has 1 aliphatic rings. The summed E-state index contributed by atoms with van der Waals surface area (Å²) in [5.74, 6) is -1.73. The number of allylic oxidation sites excluding steroid dienone is 1. The molecule has 1 fully saturated rings. The van der Waals surface area contributed by atoms with Gasteiger partial charge in [-0.25, -0.2) is 0 Å². The van der Waals surface area contributed by atoms with Gasteiger partial charge in [-0.1, -0.05) is 48.6 Å². The highest BCUT2D eigenvalue weighted by molar-refractivity contribution is 5.99. The third-order valence-electron chi connectivity index (χ3n) is 4.33. The van der Waals surface area contributed by atoms with E-state index in [9.17, 15) is 14.7 Å². The number of carbonyl (C=O) groups excluding carboxylic acids is 1. The van der Waals surface area contributed by atoms with Crippen LogP contribution in [-0.2, 0) is 14.3 Å². The molecular formula is C19H18O4. The molecule has 3 rings (SSSR count). The van der Waals surface area contributed by atoms with Crippen molar-refractivity contribution < 1.29 is 19.4 Å². The van der Waals surface area contributed by atoms with Gasteiger partial charge < -0.3 is 9.84 Å². The molecule has 0 spiro atoms. The first kappa shape index (κ1) is 15.3. The highest BCUT2D eigenvalue weighted by atomic mass is 16.5. The second kappa shape index (κ2) is 6.24. The molecule has 2 aromatic carbocycles. The molecule has 0 aromatic heterocycles. The second-order valence-electron chi connectivity index (χ2n) is 5.84. The molecule has 4 nitrogen and oxygen atoms in total. The average molecular weight is 310 g/mol. The molecule has 0 aliphatic carbocycles. The second-order valence-corrected chi connectivity index (χ2v) is 5.84. The molecule has 0 radical (unpaired) electrons. The van der Waals surface area contributed by atoms with Crippen LogP contribution in [0.15, 0.2) is 48.5 Å². The maximum atomic E-state index is 11.9. The first-order chi connectivity index (χ1) is 11.1. The summed E-state index contributed by atoms with van der Waals surface area (Å²) >= 11 is 0. The Hall–Kier alpha value is -2.62. The maximum absolute atomic E-state index is 11.9. The van der Waals surface area contributed by atoms with Gasteiger partial charge in [0.25, 0.3) is 0 Å². The van der Waals surface area contributed by atoms with Crippen LogP contribution in [0.2, 0.25) is 0 Å². The molecule has 2 aromatic rings. The predicted octanol–water partition coefficient (Wildman–Crippen LogP) is 3.65. The summed E-state index contributed by atoms with van der Waals surface area (Å²) in [6.45, 7) is 0.308. The van der Waals surface area contributed by atoms with Crippen LogP contribution in [0.4, 0.5) is 0 Å². The molecule has 1 saturated heterocycles. The highest BCUT2D eigenvalue weighted by Crippen LogP contribution is 2.34. The number of ether oxygens (including phenoxy) is 1. The molecule has 118 valence electrons. The van der Waals surface area contributed by atoms with Crippen LogP contribution in [0.5, 0.6) is 0 Å². The van der Waals surface area contributed by atoms with Crippen LogP contribution in [0.25, 0.3) is 16.8 Å². The normalized spacial score (nSPS) is 21.5. The molecule has 1 aliphatic heterocycles. The van der Waals surface area contributed by atoms with Crippen LogP contribution in [0.3, 0.4) is 0 Å². The van der Waals surface area contributed by atoms with Crippen molar-refractivity contribution >= 4 is 28.8 Å². The number of esters is 1. The summed E-state index contributed by atoms with van der Waals surface area (Å²) in [4.78, 5) is 23.5. The Bertz CT molecular complexity index is 778. The van der Waals surface area contributed by atoms with Gasteiger partial charge in [-0.05, 0) is 41.7 Å². The lowest BCUT2D eigenvalue weighted by molar-refractivity contribution is -0.174. The molecule has 1 atom stereocenters. The lowest BCUT2D eigenvalue weighted by Crippen LogP contribution is -2.43. The standard InChI is InChI=1S/C19H18O4/c20-17(21)19(11-4-12-23-18(19)22)10-3-5-14-8-9-15-6-1-2-7-16(15)13-14/h1-3,5-9,13H,4,10-12H2,(H,20,21). The van der Waals surface area contributed by atoms with E-state index in [2.05, 4.69) is 0 Å². The minimum Gasteiger partial charge on any atom is -0.480 e. The number of fused-ring (bicyclic) bond motifs is 1. The fourth-order valence-electron chi connectivity index (χ4n) is 2.95. The minimum absolute atomic E-state index is 0.147. The number of benzene rings is 2. The Balaban J connectivity index is 1.80. The SMILES string of the molecule is O=C(O)C1(CC=Cc2ccc3ccccc3c2)CCCOC1=O. The summed E-state index contributed by atoms with van der Waals surface area (Å²) in [7, 11) is 0. The number of hydrogen-bond acceptors (Lipinski definition) is 3. The largest absolute Gasteiger partial charge is 0.480 e. The summed E-state index contributed by atoms with van der Waals surface area (Å²) < 4.78 is 4.96. The summed E-state index contributed by atoms with van der Waals surface area (Å²) in [6.07, 6.45) is 4.67. The van der Waals surface area contributed by atoms with Gasteiger partial charge in [-0.15, -0.1) is 0 Å². The van der Waals surface area contributed by atoms with Crippen molar-refractivity contribution in [2.24, 2.45) is 5.41 Å². The maximum Gasteiger partial charge on any atom is 0.323 e. The molecule has 0 bridgehead atoms. The van der Waals surface area contributed by atoms with Crippen molar-refractivity contribution in [3.63, 3.8) is 0 Å². The van der Waals surface area contributed by atoms with Gasteiger partial charge >= 0.3 is 11.9 Å². The number of carboxylic acids is 1. The Labute approximate surface area is 134 Å². The van der Waals surface area contributed by atoms with Crippen LogP contribution in [-0.4, -0.2) is 23.7 Å². The van der Waals surface area contributed by atoms with Crippen molar-refractivity contribution in [3.8, 4) is 0 Å². The predicted molar refractivity (Wildman–Crippen MR) is 87.9 cm³/mol. The van der Waals surface area contributed by atoms with Crippen molar-refractivity contribution in [3.05, 3.63) is 54.1 Å². The number of rotatable bonds is 4. The Morgan fingerprint density at radius 2 is 2.00 bits per heavy atom. The number of carboxylic acid groups (broad SMARTS) is 1. The molecule has 0 saturated carbocycles. The Kier molecular flexibility index (Phi) is 4.15. The fraction of sp³-hybridized carbons (Fsp3) is 0.263. The Morgan fingerprint density at radius 1 is 1.22 bits per heavy atom. The van der Waals surface area contributed by atoms with E-state index in [-0.39, 0.29) is 6.42 Å². The van der Waals surface area contributed by atoms with Crippen LogP contribution >= 0.6 is 0 Å². The van der Waals surface area contributed by atoms with E-state index in [0.717, 1.165) is 16.3 Å². The average Bonchev–Trinajstić information content (AvgIpc) is 2.56. The Morgan fingerprint density at radius 3 is 2.74 bits per heavy atom. The van der Waals surface area contributed by atoms with E-state index in [0.29, 0.717) is 19.4 Å². The molecule has 1 N–H and O–H groups in total. The number of cyclic esters (lactones) is 1. The monoisotopic (exact) mass is 310 g/mol. The fourth-order valence-corrected chi connectivity index (χ4v) is 2.95. The number of hydrogen-bond donors (Lipinski definition) is 1. The molecule has 23 heavy (non-hydrogen) atoms. The number of carbonyl (C=O) groups is 2. The van der Waals surface area contributed by atoms with Crippen LogP contribution in [0.1, 0.15) is 24.8 Å². The summed E-state index contributed by atoms with van der Waals surface area (Å²) in [5, 5.41) is 11.7. The van der Waals surface area contributed by atoms with Gasteiger partial charge in [0, 0.05) is 0 Å². The first-order valence-electron chi connectivity index (χ1n) is 7.68. The van der Waals surface area contributed by atoms with E-state index in [4.69, 9.17) is 4.74 Å². The summed E-state index contributed by atoms with van der Waals surface area (Å²) in [5.41, 5.74) is -0.459. The zero-order valence-electron chi connectivity index (χ0n) is 12.7. The van der Waals surface area contributed by atoms with E-state index < -0.39 is 17.4 Å². The third kappa shape index (κ3) is 2.97. The molecule has 0 amide bonds. The first-order valence-corrected chi connectivity index (χ1v) is 7.68. The van der Waals surface area contributed by atoms with Gasteiger partial charge in [0.2, 0.25) is 0 Å². The third-order valence-corrected chi connectivity index (χ3v) is 4.33. The van der Waals surface area contributed by atoms with Gasteiger partial charge in [0.1, 0.15) is 0 Å². The summed E-state index contributed by atoms with van der Waals surface area (Å²) in [6, 6.07) is 14.1. The molecule has 4 heteroatoms. The van der Waals surface area contributed by atoms with E-state index >= 15 is 0 Å². The van der Waals surface area contributed by atoms with Crippen LogP contribution < -0.4 is 0 Å².